The zero-order valence-corrected chi connectivity index (χ0v) is 11.4. The number of rotatable bonds is 4. The van der Waals surface area contributed by atoms with Crippen molar-refractivity contribution in [1.82, 2.24) is 10.2 Å². The highest BCUT2D eigenvalue weighted by Gasteiger charge is 2.28. The number of aromatic hydroxyl groups is 1. The van der Waals surface area contributed by atoms with E-state index in [1.807, 2.05) is 18.2 Å². The minimum atomic E-state index is 0.388. The van der Waals surface area contributed by atoms with Crippen molar-refractivity contribution in [3.05, 3.63) is 29.8 Å². The fourth-order valence-electron chi connectivity index (χ4n) is 2.49. The van der Waals surface area contributed by atoms with Gasteiger partial charge in [0, 0.05) is 18.7 Å². The maximum absolute atomic E-state index is 9.70. The second-order valence-electron chi connectivity index (χ2n) is 5.85. The number of likely N-dealkylation sites (tertiary alicyclic amines) is 1. The van der Waals surface area contributed by atoms with E-state index >= 15 is 0 Å². The predicted octanol–water partition coefficient (Wildman–Crippen LogP) is 2.21. The number of phenolic OH excluding ortho intramolecular Hbond substituents is 1. The van der Waals surface area contributed by atoms with E-state index in [2.05, 4.69) is 24.2 Å². The van der Waals surface area contributed by atoms with E-state index in [4.69, 9.17) is 0 Å². The van der Waals surface area contributed by atoms with Crippen molar-refractivity contribution in [1.29, 1.82) is 0 Å². The van der Waals surface area contributed by atoms with E-state index < -0.39 is 0 Å². The molecule has 0 aliphatic carbocycles. The topological polar surface area (TPSA) is 35.5 Å². The molecule has 100 valence electrons. The lowest BCUT2D eigenvalue weighted by Crippen LogP contribution is -2.41. The van der Waals surface area contributed by atoms with Gasteiger partial charge in [-0.2, -0.15) is 0 Å². The summed E-state index contributed by atoms with van der Waals surface area (Å²) in [6.45, 7) is 6.51. The van der Waals surface area contributed by atoms with Gasteiger partial charge in [0.2, 0.25) is 0 Å². The van der Waals surface area contributed by atoms with Gasteiger partial charge in [-0.05, 0) is 44.5 Å². The van der Waals surface area contributed by atoms with Crippen LogP contribution < -0.4 is 5.32 Å². The highest BCUT2D eigenvalue weighted by atomic mass is 16.3. The molecule has 2 N–H and O–H groups in total. The van der Waals surface area contributed by atoms with Gasteiger partial charge in [0.15, 0.2) is 0 Å². The molecule has 0 radical (unpaired) electrons. The number of para-hydroxylation sites is 1. The van der Waals surface area contributed by atoms with Crippen LogP contribution in [0.15, 0.2) is 24.3 Å². The minimum Gasteiger partial charge on any atom is -0.508 e. The molecular formula is C15H24N2O. The molecule has 1 heterocycles. The van der Waals surface area contributed by atoms with E-state index in [1.54, 1.807) is 6.07 Å². The Morgan fingerprint density at radius 2 is 1.94 bits per heavy atom. The van der Waals surface area contributed by atoms with Crippen LogP contribution in [0.5, 0.6) is 5.75 Å². The fraction of sp³-hybridized carbons (Fsp3) is 0.600. The van der Waals surface area contributed by atoms with Gasteiger partial charge in [0.05, 0.1) is 0 Å². The Kier molecular flexibility index (Phi) is 4.25. The van der Waals surface area contributed by atoms with Gasteiger partial charge in [0.1, 0.15) is 5.75 Å². The molecular weight excluding hydrogens is 224 g/mol. The highest BCUT2D eigenvalue weighted by molar-refractivity contribution is 5.31. The molecule has 0 saturated carbocycles. The van der Waals surface area contributed by atoms with Gasteiger partial charge in [-0.15, -0.1) is 0 Å². The molecule has 0 unspecified atom stereocenters. The van der Waals surface area contributed by atoms with E-state index in [0.717, 1.165) is 18.7 Å². The fourth-order valence-corrected chi connectivity index (χ4v) is 2.49. The standard InChI is InChI=1S/C15H24N2O/c1-15(7-9-17(2)10-8-15)12-16-11-13-5-3-4-6-14(13)18/h3-6,16,18H,7-12H2,1-2H3. The van der Waals surface area contributed by atoms with Crippen molar-refractivity contribution in [2.75, 3.05) is 26.7 Å². The molecule has 18 heavy (non-hydrogen) atoms. The number of nitrogens with one attached hydrogen (secondary N) is 1. The number of nitrogens with zero attached hydrogens (tertiary/aromatic N) is 1. The molecule has 1 saturated heterocycles. The molecule has 3 heteroatoms. The van der Waals surface area contributed by atoms with E-state index in [-0.39, 0.29) is 0 Å². The minimum absolute atomic E-state index is 0.388. The van der Waals surface area contributed by atoms with Crippen LogP contribution in [0.1, 0.15) is 25.3 Å². The van der Waals surface area contributed by atoms with Gasteiger partial charge in [-0.1, -0.05) is 25.1 Å². The maximum atomic E-state index is 9.70. The van der Waals surface area contributed by atoms with E-state index in [9.17, 15) is 5.11 Å². The Hall–Kier alpha value is -1.06. The third-order valence-corrected chi connectivity index (χ3v) is 4.05. The van der Waals surface area contributed by atoms with Crippen LogP contribution in [0.25, 0.3) is 0 Å². The predicted molar refractivity (Wildman–Crippen MR) is 74.7 cm³/mol. The Balaban J connectivity index is 1.80. The van der Waals surface area contributed by atoms with Crippen molar-refractivity contribution in [2.45, 2.75) is 26.3 Å². The number of benzene rings is 1. The summed E-state index contributed by atoms with van der Waals surface area (Å²) < 4.78 is 0. The Morgan fingerprint density at radius 3 is 2.61 bits per heavy atom. The molecule has 0 aromatic heterocycles. The monoisotopic (exact) mass is 248 g/mol. The summed E-state index contributed by atoms with van der Waals surface area (Å²) in [4.78, 5) is 2.39. The lowest BCUT2D eigenvalue weighted by molar-refractivity contribution is 0.136. The van der Waals surface area contributed by atoms with Crippen molar-refractivity contribution in [3.63, 3.8) is 0 Å². The van der Waals surface area contributed by atoms with Gasteiger partial charge in [0.25, 0.3) is 0 Å². The smallest absolute Gasteiger partial charge is 0.120 e. The first kappa shape index (κ1) is 13.4. The Bertz CT molecular complexity index is 384. The van der Waals surface area contributed by atoms with Gasteiger partial charge in [-0.3, -0.25) is 0 Å². The first-order valence-corrected chi connectivity index (χ1v) is 6.75. The lowest BCUT2D eigenvalue weighted by Gasteiger charge is -2.38. The number of hydrogen-bond donors (Lipinski definition) is 2. The number of piperidine rings is 1. The van der Waals surface area contributed by atoms with E-state index in [1.165, 1.54) is 25.9 Å². The van der Waals surface area contributed by atoms with Crippen molar-refractivity contribution >= 4 is 0 Å². The molecule has 1 fully saturated rings. The summed E-state index contributed by atoms with van der Waals surface area (Å²) in [6, 6.07) is 7.54. The lowest BCUT2D eigenvalue weighted by atomic mass is 9.80. The van der Waals surface area contributed by atoms with Gasteiger partial charge >= 0.3 is 0 Å². The summed E-state index contributed by atoms with van der Waals surface area (Å²) in [5.74, 6) is 0.388. The van der Waals surface area contributed by atoms with Crippen LogP contribution in [0, 0.1) is 5.41 Å². The largest absolute Gasteiger partial charge is 0.508 e. The van der Waals surface area contributed by atoms with Crippen LogP contribution in [0.2, 0.25) is 0 Å². The third kappa shape index (κ3) is 3.47. The highest BCUT2D eigenvalue weighted by Crippen LogP contribution is 2.29. The summed E-state index contributed by atoms with van der Waals surface area (Å²) in [7, 11) is 2.19. The van der Waals surface area contributed by atoms with Crippen LogP contribution in [-0.4, -0.2) is 36.7 Å². The molecule has 3 nitrogen and oxygen atoms in total. The molecule has 1 aromatic carbocycles. The van der Waals surface area contributed by atoms with Crippen LogP contribution in [0.4, 0.5) is 0 Å². The summed E-state index contributed by atoms with van der Waals surface area (Å²) in [5.41, 5.74) is 1.38. The first-order valence-electron chi connectivity index (χ1n) is 6.75. The zero-order chi connectivity index (χ0) is 13.0. The van der Waals surface area contributed by atoms with Crippen molar-refractivity contribution < 1.29 is 5.11 Å². The molecule has 0 amide bonds. The molecule has 1 aliphatic rings. The molecule has 2 rings (SSSR count). The van der Waals surface area contributed by atoms with Crippen molar-refractivity contribution in [3.8, 4) is 5.75 Å². The maximum Gasteiger partial charge on any atom is 0.120 e. The molecule has 0 bridgehead atoms. The SMILES string of the molecule is CN1CCC(C)(CNCc2ccccc2O)CC1. The number of phenols is 1. The Morgan fingerprint density at radius 1 is 1.28 bits per heavy atom. The normalized spacial score (nSPS) is 19.9. The summed E-state index contributed by atoms with van der Waals surface area (Å²) in [6.07, 6.45) is 2.49. The first-order chi connectivity index (χ1) is 8.59. The molecule has 1 aromatic rings. The third-order valence-electron chi connectivity index (χ3n) is 4.05. The summed E-state index contributed by atoms with van der Waals surface area (Å²) >= 11 is 0. The quantitative estimate of drug-likeness (QED) is 0.857. The molecule has 0 spiro atoms. The van der Waals surface area contributed by atoms with Gasteiger partial charge < -0.3 is 15.3 Å². The average Bonchev–Trinajstić information content (AvgIpc) is 2.36. The number of hydrogen-bond acceptors (Lipinski definition) is 3. The molecule has 1 aliphatic heterocycles. The van der Waals surface area contributed by atoms with Crippen LogP contribution >= 0.6 is 0 Å². The summed E-state index contributed by atoms with van der Waals surface area (Å²) in [5, 5.41) is 13.2. The average molecular weight is 248 g/mol. The van der Waals surface area contributed by atoms with Crippen LogP contribution in [0.3, 0.4) is 0 Å². The van der Waals surface area contributed by atoms with Gasteiger partial charge in [-0.25, -0.2) is 0 Å². The van der Waals surface area contributed by atoms with Crippen molar-refractivity contribution in [2.24, 2.45) is 5.41 Å². The second kappa shape index (κ2) is 5.72. The second-order valence-corrected chi connectivity index (χ2v) is 5.85. The van der Waals surface area contributed by atoms with E-state index in [0.29, 0.717) is 11.2 Å². The molecule has 0 atom stereocenters. The Labute approximate surface area is 110 Å². The zero-order valence-electron chi connectivity index (χ0n) is 11.4. The van der Waals surface area contributed by atoms with Crippen LogP contribution in [-0.2, 0) is 6.54 Å².